The molecule has 1 N–H and O–H groups in total. The van der Waals surface area contributed by atoms with Crippen molar-refractivity contribution in [2.24, 2.45) is 5.41 Å². The molecular weight excluding hydrogens is 270 g/mol. The molecule has 116 valence electrons. The fourth-order valence-corrected chi connectivity index (χ4v) is 2.91. The largest absolute Gasteiger partial charge is 0.478 e. The summed E-state index contributed by atoms with van der Waals surface area (Å²) in [5, 5.41) is 9.14. The van der Waals surface area contributed by atoms with E-state index in [0.717, 1.165) is 19.3 Å². The average Bonchev–Trinajstić information content (AvgIpc) is 2.91. The van der Waals surface area contributed by atoms with Crippen LogP contribution in [0.15, 0.2) is 10.5 Å². The molecule has 0 aromatic carbocycles. The number of furan rings is 1. The Hall–Kier alpha value is -1.78. The first-order valence-corrected chi connectivity index (χ1v) is 7.55. The molecule has 2 heterocycles. The van der Waals surface area contributed by atoms with Gasteiger partial charge in [-0.1, -0.05) is 20.8 Å². The Bertz CT molecular complexity index is 548. The van der Waals surface area contributed by atoms with Gasteiger partial charge >= 0.3 is 5.97 Å². The van der Waals surface area contributed by atoms with Crippen molar-refractivity contribution < 1.29 is 19.1 Å². The van der Waals surface area contributed by atoms with Gasteiger partial charge in [0.2, 0.25) is 0 Å². The van der Waals surface area contributed by atoms with Gasteiger partial charge in [0.25, 0.3) is 5.91 Å². The number of amides is 1. The maximum atomic E-state index is 12.5. The minimum absolute atomic E-state index is 0.0936. The summed E-state index contributed by atoms with van der Waals surface area (Å²) in [6.07, 6.45) is 3.58. The van der Waals surface area contributed by atoms with E-state index in [0.29, 0.717) is 25.3 Å². The van der Waals surface area contributed by atoms with E-state index in [2.05, 4.69) is 13.8 Å². The maximum Gasteiger partial charge on any atom is 0.339 e. The Morgan fingerprint density at radius 1 is 1.43 bits per heavy atom. The Balaban J connectivity index is 2.22. The minimum atomic E-state index is -1.05. The second-order valence-electron chi connectivity index (χ2n) is 6.10. The Kier molecular flexibility index (Phi) is 4.40. The van der Waals surface area contributed by atoms with Gasteiger partial charge in [0.1, 0.15) is 11.3 Å². The lowest BCUT2D eigenvalue weighted by Gasteiger charge is -2.39. The molecule has 2 rings (SSSR count). The molecule has 0 bridgehead atoms. The van der Waals surface area contributed by atoms with E-state index in [9.17, 15) is 9.59 Å². The number of hydrogen-bond donors (Lipinski definition) is 1. The van der Waals surface area contributed by atoms with Crippen molar-refractivity contribution in [3.63, 3.8) is 0 Å². The number of rotatable bonds is 4. The fraction of sp³-hybridized carbons (Fsp3) is 0.625. The molecule has 1 aromatic heterocycles. The molecule has 1 aliphatic heterocycles. The van der Waals surface area contributed by atoms with Crippen molar-refractivity contribution in [2.75, 3.05) is 13.1 Å². The number of likely N-dealkylation sites (tertiary alicyclic amines) is 1. The van der Waals surface area contributed by atoms with Gasteiger partial charge in [-0.3, -0.25) is 4.79 Å². The Labute approximate surface area is 124 Å². The molecular formula is C16H23NO4. The van der Waals surface area contributed by atoms with Crippen LogP contribution in [0.1, 0.15) is 66.7 Å². The number of nitrogens with zero attached hydrogens (tertiary/aromatic N) is 1. The second kappa shape index (κ2) is 5.92. The first-order chi connectivity index (χ1) is 9.90. The molecule has 0 spiro atoms. The van der Waals surface area contributed by atoms with E-state index in [1.165, 1.54) is 6.07 Å². The lowest BCUT2D eigenvalue weighted by molar-refractivity contribution is 0.0511. The predicted molar refractivity (Wildman–Crippen MR) is 78.6 cm³/mol. The fourth-order valence-electron chi connectivity index (χ4n) is 2.91. The summed E-state index contributed by atoms with van der Waals surface area (Å²) in [4.78, 5) is 25.5. The van der Waals surface area contributed by atoms with Crippen molar-refractivity contribution in [1.82, 2.24) is 4.90 Å². The van der Waals surface area contributed by atoms with Crippen LogP contribution in [0, 0.1) is 5.41 Å². The van der Waals surface area contributed by atoms with Crippen molar-refractivity contribution in [1.29, 1.82) is 0 Å². The van der Waals surface area contributed by atoms with Crippen LogP contribution >= 0.6 is 0 Å². The van der Waals surface area contributed by atoms with E-state index in [-0.39, 0.29) is 22.6 Å². The summed E-state index contributed by atoms with van der Waals surface area (Å²) in [5.74, 6) is -0.742. The molecule has 1 aromatic rings. The third-order valence-electron chi connectivity index (χ3n) is 4.49. The van der Waals surface area contributed by atoms with E-state index < -0.39 is 5.97 Å². The zero-order chi connectivity index (χ0) is 15.6. The average molecular weight is 293 g/mol. The van der Waals surface area contributed by atoms with Crippen LogP contribution in [0.25, 0.3) is 0 Å². The number of piperidine rings is 1. The van der Waals surface area contributed by atoms with Gasteiger partial charge in [-0.2, -0.15) is 0 Å². The van der Waals surface area contributed by atoms with Crippen LogP contribution in [-0.2, 0) is 6.42 Å². The van der Waals surface area contributed by atoms with Crippen LogP contribution in [0.5, 0.6) is 0 Å². The van der Waals surface area contributed by atoms with Gasteiger partial charge in [0, 0.05) is 25.6 Å². The smallest absolute Gasteiger partial charge is 0.339 e. The number of hydrogen-bond acceptors (Lipinski definition) is 3. The first-order valence-electron chi connectivity index (χ1n) is 7.55. The normalized spacial score (nSPS) is 22.3. The summed E-state index contributed by atoms with van der Waals surface area (Å²) >= 11 is 0. The zero-order valence-corrected chi connectivity index (χ0v) is 12.9. The lowest BCUT2D eigenvalue weighted by atomic mass is 9.79. The van der Waals surface area contributed by atoms with Crippen LogP contribution in [-0.4, -0.2) is 35.0 Å². The molecule has 0 aliphatic carbocycles. The van der Waals surface area contributed by atoms with Gasteiger partial charge in [-0.25, -0.2) is 4.79 Å². The van der Waals surface area contributed by atoms with Gasteiger partial charge in [0.05, 0.1) is 0 Å². The standard InChI is InChI=1S/C16H23NO4/c1-4-12-11(15(19)20)9-13(21-12)14(18)17-8-6-7-16(3,5-2)10-17/h9H,4-8,10H2,1-3H3,(H,19,20). The van der Waals surface area contributed by atoms with Crippen molar-refractivity contribution in [2.45, 2.75) is 46.5 Å². The van der Waals surface area contributed by atoms with Crippen molar-refractivity contribution in [3.8, 4) is 0 Å². The molecule has 5 nitrogen and oxygen atoms in total. The lowest BCUT2D eigenvalue weighted by Crippen LogP contribution is -2.44. The second-order valence-corrected chi connectivity index (χ2v) is 6.10. The number of carbonyl (C=O) groups is 2. The van der Waals surface area contributed by atoms with Gasteiger partial charge in [0.15, 0.2) is 5.76 Å². The highest BCUT2D eigenvalue weighted by molar-refractivity contribution is 5.96. The van der Waals surface area contributed by atoms with Gasteiger partial charge in [-0.15, -0.1) is 0 Å². The van der Waals surface area contributed by atoms with Crippen LogP contribution in [0.2, 0.25) is 0 Å². The molecule has 1 aliphatic rings. The highest BCUT2D eigenvalue weighted by Gasteiger charge is 2.33. The Morgan fingerprint density at radius 3 is 2.67 bits per heavy atom. The predicted octanol–water partition coefficient (Wildman–Crippen LogP) is 3.19. The molecule has 1 fully saturated rings. The Morgan fingerprint density at radius 2 is 2.14 bits per heavy atom. The summed E-state index contributed by atoms with van der Waals surface area (Å²) in [5.41, 5.74) is 0.236. The SMILES string of the molecule is CCc1oc(C(=O)N2CCCC(C)(CC)C2)cc1C(=O)O. The van der Waals surface area contributed by atoms with Crippen LogP contribution < -0.4 is 0 Å². The third kappa shape index (κ3) is 3.12. The number of carboxylic acids is 1. The molecule has 0 saturated carbocycles. The van der Waals surface area contributed by atoms with Crippen molar-refractivity contribution >= 4 is 11.9 Å². The highest BCUT2D eigenvalue weighted by atomic mass is 16.4. The summed E-state index contributed by atoms with van der Waals surface area (Å²) in [6.45, 7) is 7.55. The molecule has 1 saturated heterocycles. The van der Waals surface area contributed by atoms with Crippen LogP contribution in [0.4, 0.5) is 0 Å². The van der Waals surface area contributed by atoms with Gasteiger partial charge in [-0.05, 0) is 24.7 Å². The van der Waals surface area contributed by atoms with E-state index in [1.807, 2.05) is 6.92 Å². The molecule has 1 amide bonds. The van der Waals surface area contributed by atoms with Crippen molar-refractivity contribution in [3.05, 3.63) is 23.2 Å². The molecule has 21 heavy (non-hydrogen) atoms. The minimum Gasteiger partial charge on any atom is -0.478 e. The first kappa shape index (κ1) is 15.6. The monoisotopic (exact) mass is 293 g/mol. The van der Waals surface area contributed by atoms with E-state index in [4.69, 9.17) is 9.52 Å². The number of carbonyl (C=O) groups excluding carboxylic acids is 1. The summed E-state index contributed by atoms with van der Waals surface area (Å²) in [7, 11) is 0. The molecule has 1 atom stereocenters. The molecule has 5 heteroatoms. The highest BCUT2D eigenvalue weighted by Crippen LogP contribution is 2.33. The maximum absolute atomic E-state index is 12.5. The van der Waals surface area contributed by atoms with E-state index >= 15 is 0 Å². The zero-order valence-electron chi connectivity index (χ0n) is 12.9. The summed E-state index contributed by atoms with van der Waals surface area (Å²) < 4.78 is 5.47. The number of aryl methyl sites for hydroxylation is 1. The number of aromatic carboxylic acids is 1. The topological polar surface area (TPSA) is 70.8 Å². The number of carboxylic acid groups (broad SMARTS) is 1. The molecule has 0 radical (unpaired) electrons. The van der Waals surface area contributed by atoms with Gasteiger partial charge < -0.3 is 14.4 Å². The van der Waals surface area contributed by atoms with E-state index in [1.54, 1.807) is 4.90 Å². The quantitative estimate of drug-likeness (QED) is 0.925. The summed E-state index contributed by atoms with van der Waals surface area (Å²) in [6, 6.07) is 1.36. The van der Waals surface area contributed by atoms with Crippen LogP contribution in [0.3, 0.4) is 0 Å². The molecule has 1 unspecified atom stereocenters. The third-order valence-corrected chi connectivity index (χ3v) is 4.49.